The summed E-state index contributed by atoms with van der Waals surface area (Å²) in [4.78, 5) is 4.40. The Morgan fingerprint density at radius 3 is 2.50 bits per heavy atom. The maximum atomic E-state index is 4.40. The zero-order chi connectivity index (χ0) is 12.1. The Morgan fingerprint density at radius 2 is 1.94 bits per heavy atom. The van der Waals surface area contributed by atoms with Crippen molar-refractivity contribution >= 4 is 11.0 Å². The first-order valence-corrected chi connectivity index (χ1v) is 6.17. The van der Waals surface area contributed by atoms with Gasteiger partial charge in [0.25, 0.3) is 0 Å². The average molecular weight is 218 g/mol. The van der Waals surface area contributed by atoms with Crippen LogP contribution in [0.15, 0.2) is 24.5 Å². The first-order chi connectivity index (χ1) is 7.72. The molecule has 0 saturated heterocycles. The number of aryl methyl sites for hydroxylation is 1. The van der Waals surface area contributed by atoms with Gasteiger partial charge >= 0.3 is 0 Å². The molecule has 1 aromatic heterocycles. The van der Waals surface area contributed by atoms with Crippen molar-refractivity contribution in [1.29, 1.82) is 0 Å². The summed E-state index contributed by atoms with van der Waals surface area (Å²) in [6.45, 7) is 11.5. The van der Waals surface area contributed by atoms with Crippen molar-refractivity contribution in [1.82, 2.24) is 9.55 Å². The Morgan fingerprint density at radius 1 is 1.25 bits per heavy atom. The number of aromatic nitrogens is 2. The summed E-state index contributed by atoms with van der Waals surface area (Å²) in [5.74, 6) is 0.575. The molecule has 0 fully saturated rings. The summed E-state index contributed by atoms with van der Waals surface area (Å²) in [6, 6.07) is 6.55. The van der Waals surface area contributed by atoms with Crippen LogP contribution in [0, 0.1) is 0 Å². The topological polar surface area (TPSA) is 17.8 Å². The standard InChI is InChI=1S/C12H16N2.C2H6/c1-4-14-8-13-11-7-10(9(2)3)5-6-12(11)14;1-2/h5-9H,4H2,1-3H3;1-2H3. The van der Waals surface area contributed by atoms with Gasteiger partial charge in [0.2, 0.25) is 0 Å². The highest BCUT2D eigenvalue weighted by molar-refractivity contribution is 5.76. The van der Waals surface area contributed by atoms with E-state index in [0.717, 1.165) is 12.1 Å². The minimum absolute atomic E-state index is 0.575. The lowest BCUT2D eigenvalue weighted by Gasteiger charge is -2.05. The van der Waals surface area contributed by atoms with Crippen LogP contribution in [0.25, 0.3) is 11.0 Å². The van der Waals surface area contributed by atoms with E-state index in [-0.39, 0.29) is 0 Å². The maximum absolute atomic E-state index is 4.40. The second-order valence-electron chi connectivity index (χ2n) is 3.93. The van der Waals surface area contributed by atoms with Gasteiger partial charge in [0.15, 0.2) is 0 Å². The highest BCUT2D eigenvalue weighted by atomic mass is 15.0. The molecule has 2 rings (SSSR count). The third kappa shape index (κ3) is 2.43. The first kappa shape index (κ1) is 12.8. The molecular formula is C14H22N2. The summed E-state index contributed by atoms with van der Waals surface area (Å²) >= 11 is 0. The average Bonchev–Trinajstić information content (AvgIpc) is 2.73. The van der Waals surface area contributed by atoms with E-state index in [2.05, 4.69) is 48.5 Å². The van der Waals surface area contributed by atoms with Gasteiger partial charge in [-0.05, 0) is 30.5 Å². The highest BCUT2D eigenvalue weighted by Gasteiger charge is 2.04. The van der Waals surface area contributed by atoms with Crippen LogP contribution in [0.3, 0.4) is 0 Å². The van der Waals surface area contributed by atoms with Gasteiger partial charge < -0.3 is 4.57 Å². The van der Waals surface area contributed by atoms with Crippen molar-refractivity contribution < 1.29 is 0 Å². The molecule has 0 atom stereocenters. The van der Waals surface area contributed by atoms with Gasteiger partial charge in [0, 0.05) is 6.54 Å². The summed E-state index contributed by atoms with van der Waals surface area (Å²) < 4.78 is 2.17. The number of hydrogen-bond donors (Lipinski definition) is 0. The molecule has 0 aliphatic rings. The van der Waals surface area contributed by atoms with E-state index in [4.69, 9.17) is 0 Å². The van der Waals surface area contributed by atoms with Gasteiger partial charge in [-0.3, -0.25) is 0 Å². The van der Waals surface area contributed by atoms with Crippen LogP contribution in [-0.2, 0) is 6.54 Å². The lowest BCUT2D eigenvalue weighted by molar-refractivity contribution is 0.786. The van der Waals surface area contributed by atoms with Crippen LogP contribution < -0.4 is 0 Å². The molecule has 0 radical (unpaired) electrons. The third-order valence-electron chi connectivity index (χ3n) is 2.65. The summed E-state index contributed by atoms with van der Waals surface area (Å²) in [7, 11) is 0. The van der Waals surface area contributed by atoms with Crippen molar-refractivity contribution in [3.63, 3.8) is 0 Å². The van der Waals surface area contributed by atoms with E-state index in [1.807, 2.05) is 20.2 Å². The molecule has 2 aromatic rings. The quantitative estimate of drug-likeness (QED) is 0.738. The van der Waals surface area contributed by atoms with Crippen LogP contribution >= 0.6 is 0 Å². The van der Waals surface area contributed by atoms with Gasteiger partial charge in [0.1, 0.15) is 0 Å². The van der Waals surface area contributed by atoms with Gasteiger partial charge in [-0.1, -0.05) is 33.8 Å². The number of nitrogens with zero attached hydrogens (tertiary/aromatic N) is 2. The number of benzene rings is 1. The molecule has 0 amide bonds. The molecule has 0 bridgehead atoms. The number of rotatable bonds is 2. The molecule has 0 N–H and O–H groups in total. The van der Waals surface area contributed by atoms with Crippen LogP contribution in [-0.4, -0.2) is 9.55 Å². The Hall–Kier alpha value is -1.31. The summed E-state index contributed by atoms with van der Waals surface area (Å²) in [6.07, 6.45) is 1.91. The zero-order valence-electron chi connectivity index (χ0n) is 11.0. The first-order valence-electron chi connectivity index (χ1n) is 6.17. The minimum atomic E-state index is 0.575. The third-order valence-corrected chi connectivity index (χ3v) is 2.65. The Balaban J connectivity index is 0.000000606. The van der Waals surface area contributed by atoms with Crippen LogP contribution in [0.2, 0.25) is 0 Å². The zero-order valence-corrected chi connectivity index (χ0v) is 11.0. The van der Waals surface area contributed by atoms with E-state index in [1.54, 1.807) is 0 Å². The van der Waals surface area contributed by atoms with E-state index in [0.29, 0.717) is 5.92 Å². The van der Waals surface area contributed by atoms with Gasteiger partial charge in [-0.25, -0.2) is 4.98 Å². The Kier molecular flexibility index (Phi) is 4.53. The predicted molar refractivity (Wildman–Crippen MR) is 70.8 cm³/mol. The number of hydrogen-bond acceptors (Lipinski definition) is 1. The molecule has 0 aliphatic heterocycles. The predicted octanol–water partition coefficient (Wildman–Crippen LogP) is 4.21. The molecule has 0 unspecified atom stereocenters. The van der Waals surface area contributed by atoms with Gasteiger partial charge in [-0.15, -0.1) is 0 Å². The molecule has 1 heterocycles. The van der Waals surface area contributed by atoms with Gasteiger partial charge in [-0.2, -0.15) is 0 Å². The van der Waals surface area contributed by atoms with Crippen molar-refractivity contribution in [2.24, 2.45) is 0 Å². The van der Waals surface area contributed by atoms with Crippen molar-refractivity contribution in [3.05, 3.63) is 30.1 Å². The second-order valence-corrected chi connectivity index (χ2v) is 3.93. The molecule has 16 heavy (non-hydrogen) atoms. The molecular weight excluding hydrogens is 196 g/mol. The number of imidazole rings is 1. The highest BCUT2D eigenvalue weighted by Crippen LogP contribution is 2.20. The molecule has 0 aliphatic carbocycles. The van der Waals surface area contributed by atoms with E-state index < -0.39 is 0 Å². The van der Waals surface area contributed by atoms with Gasteiger partial charge in [0.05, 0.1) is 17.4 Å². The van der Waals surface area contributed by atoms with Crippen molar-refractivity contribution in [3.8, 4) is 0 Å². The molecule has 0 spiro atoms. The molecule has 2 nitrogen and oxygen atoms in total. The number of fused-ring (bicyclic) bond motifs is 1. The Bertz CT molecular complexity index is 441. The molecule has 1 aromatic carbocycles. The maximum Gasteiger partial charge on any atom is 0.0958 e. The van der Waals surface area contributed by atoms with E-state index >= 15 is 0 Å². The SMILES string of the molecule is CC.CCn1cnc2cc(C(C)C)ccc21. The normalized spacial score (nSPS) is 10.4. The second kappa shape index (κ2) is 5.69. The monoisotopic (exact) mass is 218 g/mol. The molecule has 88 valence electrons. The van der Waals surface area contributed by atoms with Crippen LogP contribution in [0.1, 0.15) is 46.1 Å². The molecule has 0 saturated carbocycles. The summed E-state index contributed by atoms with van der Waals surface area (Å²) in [5, 5.41) is 0. The summed E-state index contributed by atoms with van der Waals surface area (Å²) in [5.41, 5.74) is 3.70. The van der Waals surface area contributed by atoms with E-state index in [9.17, 15) is 0 Å². The van der Waals surface area contributed by atoms with E-state index in [1.165, 1.54) is 11.1 Å². The minimum Gasteiger partial charge on any atom is -0.331 e. The molecule has 2 heteroatoms. The largest absolute Gasteiger partial charge is 0.331 e. The fourth-order valence-corrected chi connectivity index (χ4v) is 1.69. The van der Waals surface area contributed by atoms with Crippen molar-refractivity contribution in [2.75, 3.05) is 0 Å². The fraction of sp³-hybridized carbons (Fsp3) is 0.500. The van der Waals surface area contributed by atoms with Crippen LogP contribution in [0.4, 0.5) is 0 Å². The lowest BCUT2D eigenvalue weighted by atomic mass is 10.0. The fourth-order valence-electron chi connectivity index (χ4n) is 1.69. The van der Waals surface area contributed by atoms with Crippen LogP contribution in [0.5, 0.6) is 0 Å². The lowest BCUT2D eigenvalue weighted by Crippen LogP contribution is -1.91. The Labute approximate surface area is 98.3 Å². The smallest absolute Gasteiger partial charge is 0.0958 e. The van der Waals surface area contributed by atoms with Crippen molar-refractivity contribution in [2.45, 2.75) is 47.1 Å².